The number of rotatable bonds is 5. The van der Waals surface area contributed by atoms with Crippen LogP contribution >= 0.6 is 0 Å². The number of piperazine rings is 1. The molecule has 32 heavy (non-hydrogen) atoms. The van der Waals surface area contributed by atoms with Crippen molar-refractivity contribution >= 4 is 22.7 Å². The number of carbonyl (C=O) groups excluding carboxylic acids is 1. The van der Waals surface area contributed by atoms with Crippen molar-refractivity contribution in [1.82, 2.24) is 19.9 Å². The van der Waals surface area contributed by atoms with E-state index in [1.165, 1.54) is 25.3 Å². The maximum atomic E-state index is 14.7. The first-order chi connectivity index (χ1) is 15.4. The Balaban J connectivity index is 1.45. The van der Waals surface area contributed by atoms with Crippen LogP contribution < -0.4 is 10.5 Å². The van der Waals surface area contributed by atoms with Crippen LogP contribution in [0.3, 0.4) is 0 Å². The van der Waals surface area contributed by atoms with Crippen molar-refractivity contribution in [2.24, 2.45) is 0 Å². The van der Waals surface area contributed by atoms with Gasteiger partial charge in [0.1, 0.15) is 11.5 Å². The molecule has 1 aliphatic rings. The SMILES string of the molecule is CCc1nc2cc(F)c(CN3CCN(c4ccc(C(=O)OC)nc4F)CC3)cc2[nH]c1=O. The summed E-state index contributed by atoms with van der Waals surface area (Å²) in [4.78, 5) is 38.1. The number of aromatic amines is 1. The van der Waals surface area contributed by atoms with Crippen molar-refractivity contribution in [1.29, 1.82) is 0 Å². The molecule has 1 aliphatic heterocycles. The van der Waals surface area contributed by atoms with Crippen LogP contribution in [-0.2, 0) is 17.7 Å². The molecule has 3 aromatic rings. The van der Waals surface area contributed by atoms with Crippen LogP contribution in [0.15, 0.2) is 29.1 Å². The van der Waals surface area contributed by atoms with Crippen molar-refractivity contribution < 1.29 is 18.3 Å². The maximum Gasteiger partial charge on any atom is 0.356 e. The highest BCUT2D eigenvalue weighted by molar-refractivity contribution is 5.87. The van der Waals surface area contributed by atoms with Gasteiger partial charge in [0.2, 0.25) is 5.95 Å². The first-order valence-electron chi connectivity index (χ1n) is 10.3. The molecule has 1 aromatic carbocycles. The highest BCUT2D eigenvalue weighted by atomic mass is 19.1. The fraction of sp³-hybridized carbons (Fsp3) is 0.364. The number of H-pyrrole nitrogens is 1. The second-order valence-electron chi connectivity index (χ2n) is 7.59. The fourth-order valence-electron chi connectivity index (χ4n) is 3.82. The number of fused-ring (bicyclic) bond motifs is 1. The van der Waals surface area contributed by atoms with Gasteiger partial charge in [0.15, 0.2) is 5.69 Å². The molecule has 1 N–H and O–H groups in total. The van der Waals surface area contributed by atoms with Crippen LogP contribution in [0.2, 0.25) is 0 Å². The van der Waals surface area contributed by atoms with Crippen LogP contribution in [0, 0.1) is 11.8 Å². The lowest BCUT2D eigenvalue weighted by atomic mass is 10.1. The zero-order valence-electron chi connectivity index (χ0n) is 17.8. The number of aromatic nitrogens is 3. The molecule has 0 amide bonds. The number of methoxy groups -OCH3 is 1. The molecule has 2 aromatic heterocycles. The summed E-state index contributed by atoms with van der Waals surface area (Å²) >= 11 is 0. The number of carbonyl (C=O) groups is 1. The summed E-state index contributed by atoms with van der Waals surface area (Å²) in [5, 5.41) is 0. The molecule has 0 saturated carbocycles. The molecule has 4 rings (SSSR count). The van der Waals surface area contributed by atoms with Gasteiger partial charge in [-0.3, -0.25) is 9.69 Å². The van der Waals surface area contributed by atoms with Gasteiger partial charge in [0.05, 0.1) is 23.8 Å². The molecule has 0 radical (unpaired) electrons. The van der Waals surface area contributed by atoms with E-state index >= 15 is 0 Å². The number of anilines is 1. The van der Waals surface area contributed by atoms with Gasteiger partial charge in [-0.15, -0.1) is 0 Å². The topological polar surface area (TPSA) is 91.4 Å². The Hall–Kier alpha value is -3.40. The number of hydrogen-bond donors (Lipinski definition) is 1. The summed E-state index contributed by atoms with van der Waals surface area (Å²) in [5.74, 6) is -1.81. The zero-order chi connectivity index (χ0) is 22.8. The Morgan fingerprint density at radius 2 is 1.91 bits per heavy atom. The van der Waals surface area contributed by atoms with E-state index in [-0.39, 0.29) is 17.1 Å². The fourth-order valence-corrected chi connectivity index (χ4v) is 3.82. The number of halogens is 2. The summed E-state index contributed by atoms with van der Waals surface area (Å²) in [7, 11) is 1.21. The number of pyridine rings is 1. The molecule has 8 nitrogen and oxygen atoms in total. The van der Waals surface area contributed by atoms with Crippen molar-refractivity contribution in [2.75, 3.05) is 38.2 Å². The van der Waals surface area contributed by atoms with Gasteiger partial charge in [0, 0.05) is 44.4 Å². The third kappa shape index (κ3) is 4.31. The van der Waals surface area contributed by atoms with Gasteiger partial charge in [-0.05, 0) is 24.6 Å². The molecule has 1 fully saturated rings. The van der Waals surface area contributed by atoms with E-state index in [4.69, 9.17) is 0 Å². The highest BCUT2D eigenvalue weighted by Crippen LogP contribution is 2.22. The summed E-state index contributed by atoms with van der Waals surface area (Å²) in [5.41, 5.74) is 1.72. The highest BCUT2D eigenvalue weighted by Gasteiger charge is 2.22. The number of ether oxygens (including phenoxy) is 1. The van der Waals surface area contributed by atoms with Crippen LogP contribution in [0.4, 0.5) is 14.5 Å². The first kappa shape index (κ1) is 21.8. The van der Waals surface area contributed by atoms with Crippen molar-refractivity contribution in [3.8, 4) is 0 Å². The molecule has 168 valence electrons. The maximum absolute atomic E-state index is 14.7. The number of hydrogen-bond acceptors (Lipinski definition) is 7. The predicted molar refractivity (Wildman–Crippen MR) is 115 cm³/mol. The first-order valence-corrected chi connectivity index (χ1v) is 10.3. The van der Waals surface area contributed by atoms with E-state index in [1.807, 2.05) is 11.8 Å². The number of aryl methyl sites for hydroxylation is 1. The van der Waals surface area contributed by atoms with Gasteiger partial charge in [-0.25, -0.2) is 19.2 Å². The molecular formula is C22H23F2N5O3. The van der Waals surface area contributed by atoms with Gasteiger partial charge in [0.25, 0.3) is 5.56 Å². The minimum Gasteiger partial charge on any atom is -0.464 e. The summed E-state index contributed by atoms with van der Waals surface area (Å²) in [6.07, 6.45) is 0.473. The van der Waals surface area contributed by atoms with Crippen molar-refractivity contribution in [3.63, 3.8) is 0 Å². The second-order valence-corrected chi connectivity index (χ2v) is 7.59. The monoisotopic (exact) mass is 443 g/mol. The third-order valence-electron chi connectivity index (χ3n) is 5.60. The van der Waals surface area contributed by atoms with E-state index < -0.39 is 11.9 Å². The zero-order valence-corrected chi connectivity index (χ0v) is 17.8. The second kappa shape index (κ2) is 8.99. The van der Waals surface area contributed by atoms with Crippen LogP contribution in [-0.4, -0.2) is 59.1 Å². The molecule has 1 saturated heterocycles. The number of esters is 1. The molecule has 3 heterocycles. The van der Waals surface area contributed by atoms with Crippen LogP contribution in [0.5, 0.6) is 0 Å². The molecule has 0 atom stereocenters. The Labute approximate surface area is 182 Å². The van der Waals surface area contributed by atoms with Gasteiger partial charge >= 0.3 is 5.97 Å². The smallest absolute Gasteiger partial charge is 0.356 e. The van der Waals surface area contributed by atoms with Gasteiger partial charge in [-0.2, -0.15) is 4.39 Å². The minimum atomic E-state index is -0.732. The summed E-state index contributed by atoms with van der Waals surface area (Å²) in [6, 6.07) is 5.92. The van der Waals surface area contributed by atoms with Crippen LogP contribution in [0.25, 0.3) is 11.0 Å². The molecule has 10 heteroatoms. The van der Waals surface area contributed by atoms with E-state index in [1.54, 1.807) is 6.07 Å². The minimum absolute atomic E-state index is 0.0854. The summed E-state index contributed by atoms with van der Waals surface area (Å²) < 4.78 is 33.6. The van der Waals surface area contributed by atoms with Crippen molar-refractivity contribution in [2.45, 2.75) is 19.9 Å². The van der Waals surface area contributed by atoms with E-state index in [0.717, 1.165) is 0 Å². The van der Waals surface area contributed by atoms with E-state index in [2.05, 4.69) is 24.6 Å². The van der Waals surface area contributed by atoms with E-state index in [9.17, 15) is 18.4 Å². The van der Waals surface area contributed by atoms with Crippen molar-refractivity contribution in [3.05, 3.63) is 63.3 Å². The standard InChI is InChI=1S/C22H23F2N5O3/c1-3-15-21(30)27-17-10-13(14(23)11-18(17)25-15)12-28-6-8-29(9-7-28)19-5-4-16(22(31)32-2)26-20(19)24/h4-5,10-11H,3,6-9,12H2,1-2H3,(H,27,30). The number of nitrogens with zero attached hydrogens (tertiary/aromatic N) is 4. The normalized spacial score (nSPS) is 14.7. The van der Waals surface area contributed by atoms with Crippen LogP contribution in [0.1, 0.15) is 28.7 Å². The van der Waals surface area contributed by atoms with Gasteiger partial charge < -0.3 is 14.6 Å². The third-order valence-corrected chi connectivity index (χ3v) is 5.60. The summed E-state index contributed by atoms with van der Waals surface area (Å²) in [6.45, 7) is 4.38. The lowest BCUT2D eigenvalue weighted by Gasteiger charge is -2.36. The quantitative estimate of drug-likeness (QED) is 0.478. The Morgan fingerprint density at radius 3 is 2.56 bits per heavy atom. The molecular weight excluding hydrogens is 420 g/mol. The number of benzene rings is 1. The largest absolute Gasteiger partial charge is 0.464 e. The Kier molecular flexibility index (Phi) is 6.13. The Morgan fingerprint density at radius 1 is 1.16 bits per heavy atom. The Bertz CT molecular complexity index is 1220. The lowest BCUT2D eigenvalue weighted by molar-refractivity contribution is 0.0592. The molecule has 0 spiro atoms. The predicted octanol–water partition coefficient (Wildman–Crippen LogP) is 2.27. The average Bonchev–Trinajstić information content (AvgIpc) is 2.79. The number of nitrogens with one attached hydrogen (secondary N) is 1. The molecule has 0 aliphatic carbocycles. The van der Waals surface area contributed by atoms with E-state index in [0.29, 0.717) is 67.1 Å². The average molecular weight is 443 g/mol. The molecule has 0 unspecified atom stereocenters. The molecule has 0 bridgehead atoms. The lowest BCUT2D eigenvalue weighted by Crippen LogP contribution is -2.46. The van der Waals surface area contributed by atoms with Gasteiger partial charge in [-0.1, -0.05) is 6.92 Å².